The number of rotatable bonds is 6. The largest absolute Gasteiger partial charge is 0.493 e. The van der Waals surface area contributed by atoms with Crippen LogP contribution in [-0.2, 0) is 11.3 Å². The molecule has 0 aliphatic heterocycles. The second-order valence-electron chi connectivity index (χ2n) is 4.31. The lowest BCUT2D eigenvalue weighted by Gasteiger charge is -2.07. The first kappa shape index (κ1) is 15.3. The van der Waals surface area contributed by atoms with Crippen LogP contribution in [0.25, 0.3) is 0 Å². The summed E-state index contributed by atoms with van der Waals surface area (Å²) in [6.45, 7) is 0.621. The van der Waals surface area contributed by atoms with E-state index in [4.69, 9.17) is 16.3 Å². The molecule has 1 N–H and O–H groups in total. The monoisotopic (exact) mass is 308 g/mol. The topological polar surface area (TPSA) is 51.2 Å². The first-order chi connectivity index (χ1) is 10.1. The third-order valence-electron chi connectivity index (χ3n) is 2.70. The van der Waals surface area contributed by atoms with Crippen molar-refractivity contribution in [2.45, 2.75) is 13.0 Å². The van der Waals surface area contributed by atoms with Crippen LogP contribution < -0.4 is 10.1 Å². The SMILES string of the molecule is O=C(CCOc1ccc(F)c(Cl)c1)NCc1cccnc1. The maximum absolute atomic E-state index is 13.0. The van der Waals surface area contributed by atoms with E-state index >= 15 is 0 Å². The average molecular weight is 309 g/mol. The van der Waals surface area contributed by atoms with Crippen LogP contribution in [-0.4, -0.2) is 17.5 Å². The van der Waals surface area contributed by atoms with Crippen molar-refractivity contribution < 1.29 is 13.9 Å². The summed E-state index contributed by atoms with van der Waals surface area (Å²) in [5.74, 6) is -0.202. The molecule has 1 heterocycles. The van der Waals surface area contributed by atoms with Gasteiger partial charge in [0.05, 0.1) is 18.1 Å². The molecule has 110 valence electrons. The molecule has 1 amide bonds. The molecule has 2 rings (SSSR count). The van der Waals surface area contributed by atoms with Gasteiger partial charge in [-0.1, -0.05) is 17.7 Å². The molecule has 0 spiro atoms. The van der Waals surface area contributed by atoms with Crippen molar-refractivity contribution in [1.82, 2.24) is 10.3 Å². The maximum Gasteiger partial charge on any atom is 0.223 e. The summed E-state index contributed by atoms with van der Waals surface area (Å²) in [6.07, 6.45) is 3.57. The molecular weight excluding hydrogens is 295 g/mol. The van der Waals surface area contributed by atoms with E-state index in [0.717, 1.165) is 5.56 Å². The van der Waals surface area contributed by atoms with Gasteiger partial charge in [-0.05, 0) is 23.8 Å². The van der Waals surface area contributed by atoms with Gasteiger partial charge in [0, 0.05) is 25.0 Å². The van der Waals surface area contributed by atoms with Crippen molar-refractivity contribution in [3.05, 3.63) is 59.1 Å². The summed E-state index contributed by atoms with van der Waals surface area (Å²) >= 11 is 5.63. The Kier molecular flexibility index (Phi) is 5.51. The number of aromatic nitrogens is 1. The fourth-order valence-electron chi connectivity index (χ4n) is 1.62. The predicted molar refractivity (Wildman–Crippen MR) is 77.6 cm³/mol. The van der Waals surface area contributed by atoms with Crippen LogP contribution in [0, 0.1) is 5.82 Å². The Bertz CT molecular complexity index is 608. The minimum absolute atomic E-state index is 0.00599. The number of carbonyl (C=O) groups is 1. The smallest absolute Gasteiger partial charge is 0.223 e. The summed E-state index contributed by atoms with van der Waals surface area (Å²) in [6, 6.07) is 7.76. The van der Waals surface area contributed by atoms with E-state index in [1.165, 1.54) is 18.2 Å². The van der Waals surface area contributed by atoms with Gasteiger partial charge >= 0.3 is 0 Å². The number of ether oxygens (including phenoxy) is 1. The number of benzene rings is 1. The van der Waals surface area contributed by atoms with Gasteiger partial charge in [-0.25, -0.2) is 4.39 Å². The molecule has 0 unspecified atom stereocenters. The maximum atomic E-state index is 13.0. The Balaban J connectivity index is 1.70. The third-order valence-corrected chi connectivity index (χ3v) is 2.99. The number of hydrogen-bond donors (Lipinski definition) is 1. The van der Waals surface area contributed by atoms with E-state index in [0.29, 0.717) is 12.3 Å². The van der Waals surface area contributed by atoms with Gasteiger partial charge < -0.3 is 10.1 Å². The Morgan fingerprint density at radius 1 is 1.38 bits per heavy atom. The lowest BCUT2D eigenvalue weighted by molar-refractivity contribution is -0.121. The van der Waals surface area contributed by atoms with Crippen molar-refractivity contribution in [2.75, 3.05) is 6.61 Å². The minimum Gasteiger partial charge on any atom is -0.493 e. The highest BCUT2D eigenvalue weighted by atomic mass is 35.5. The van der Waals surface area contributed by atoms with E-state index in [1.807, 2.05) is 12.1 Å². The second-order valence-corrected chi connectivity index (χ2v) is 4.72. The molecule has 0 aliphatic carbocycles. The Labute approximate surface area is 126 Å². The Hall–Kier alpha value is -2.14. The van der Waals surface area contributed by atoms with E-state index in [9.17, 15) is 9.18 Å². The molecule has 1 aromatic heterocycles. The Morgan fingerprint density at radius 2 is 2.24 bits per heavy atom. The quantitative estimate of drug-likeness (QED) is 0.892. The second kappa shape index (κ2) is 7.59. The van der Waals surface area contributed by atoms with Crippen LogP contribution in [0.15, 0.2) is 42.7 Å². The van der Waals surface area contributed by atoms with E-state index in [-0.39, 0.29) is 24.0 Å². The molecule has 0 radical (unpaired) electrons. The van der Waals surface area contributed by atoms with Gasteiger partial charge in [0.2, 0.25) is 5.91 Å². The van der Waals surface area contributed by atoms with Crippen LogP contribution in [0.1, 0.15) is 12.0 Å². The number of nitrogens with zero attached hydrogens (tertiary/aromatic N) is 1. The summed E-state index contributed by atoms with van der Waals surface area (Å²) in [5.41, 5.74) is 0.928. The highest BCUT2D eigenvalue weighted by molar-refractivity contribution is 6.30. The highest BCUT2D eigenvalue weighted by Gasteiger charge is 2.04. The van der Waals surface area contributed by atoms with Crippen LogP contribution in [0.5, 0.6) is 5.75 Å². The Morgan fingerprint density at radius 3 is 2.95 bits per heavy atom. The molecule has 0 atom stereocenters. The molecule has 1 aromatic carbocycles. The molecule has 4 nitrogen and oxygen atoms in total. The highest BCUT2D eigenvalue weighted by Crippen LogP contribution is 2.21. The zero-order valence-electron chi connectivity index (χ0n) is 11.2. The summed E-state index contributed by atoms with van der Waals surface area (Å²) in [4.78, 5) is 15.6. The summed E-state index contributed by atoms with van der Waals surface area (Å²) in [5, 5.41) is 2.75. The fourth-order valence-corrected chi connectivity index (χ4v) is 1.79. The van der Waals surface area contributed by atoms with Crippen molar-refractivity contribution in [1.29, 1.82) is 0 Å². The number of hydrogen-bond acceptors (Lipinski definition) is 3. The van der Waals surface area contributed by atoms with Gasteiger partial charge in [-0.2, -0.15) is 0 Å². The molecule has 6 heteroatoms. The fraction of sp³-hybridized carbons (Fsp3) is 0.200. The van der Waals surface area contributed by atoms with Crippen molar-refractivity contribution >= 4 is 17.5 Å². The molecule has 0 saturated carbocycles. The lowest BCUT2D eigenvalue weighted by atomic mass is 10.3. The first-order valence-corrected chi connectivity index (χ1v) is 6.76. The molecule has 0 saturated heterocycles. The number of pyridine rings is 1. The summed E-state index contributed by atoms with van der Waals surface area (Å²) in [7, 11) is 0. The van der Waals surface area contributed by atoms with E-state index in [2.05, 4.69) is 10.3 Å². The third kappa shape index (κ3) is 5.04. The average Bonchev–Trinajstić information content (AvgIpc) is 2.50. The standard InChI is InChI=1S/C15H14ClFN2O2/c16-13-8-12(3-4-14(13)17)21-7-5-15(20)19-10-11-2-1-6-18-9-11/h1-4,6,8-9H,5,7,10H2,(H,19,20). The molecule has 0 aliphatic rings. The molecule has 21 heavy (non-hydrogen) atoms. The predicted octanol–water partition coefficient (Wildman–Crippen LogP) is 2.96. The molecule has 2 aromatic rings. The van der Waals surface area contributed by atoms with Gasteiger partial charge in [0.1, 0.15) is 11.6 Å². The van der Waals surface area contributed by atoms with E-state index in [1.54, 1.807) is 12.4 Å². The van der Waals surface area contributed by atoms with Gasteiger partial charge in [0.25, 0.3) is 0 Å². The normalized spacial score (nSPS) is 10.2. The van der Waals surface area contributed by atoms with E-state index < -0.39 is 5.82 Å². The van der Waals surface area contributed by atoms with Crippen molar-refractivity contribution in [3.63, 3.8) is 0 Å². The van der Waals surface area contributed by atoms with Gasteiger partial charge in [-0.3, -0.25) is 9.78 Å². The zero-order valence-corrected chi connectivity index (χ0v) is 11.9. The van der Waals surface area contributed by atoms with Crippen molar-refractivity contribution in [3.8, 4) is 5.75 Å². The molecule has 0 fully saturated rings. The van der Waals surface area contributed by atoms with Crippen LogP contribution in [0.3, 0.4) is 0 Å². The molecular formula is C15H14ClFN2O2. The summed E-state index contributed by atoms with van der Waals surface area (Å²) < 4.78 is 18.3. The lowest BCUT2D eigenvalue weighted by Crippen LogP contribution is -2.24. The number of amides is 1. The van der Waals surface area contributed by atoms with Crippen LogP contribution in [0.2, 0.25) is 5.02 Å². The number of halogens is 2. The van der Waals surface area contributed by atoms with Gasteiger partial charge in [0.15, 0.2) is 0 Å². The first-order valence-electron chi connectivity index (χ1n) is 6.38. The number of nitrogens with one attached hydrogen (secondary N) is 1. The van der Waals surface area contributed by atoms with Crippen LogP contribution in [0.4, 0.5) is 4.39 Å². The van der Waals surface area contributed by atoms with Gasteiger partial charge in [-0.15, -0.1) is 0 Å². The minimum atomic E-state index is -0.502. The van der Waals surface area contributed by atoms with Crippen molar-refractivity contribution in [2.24, 2.45) is 0 Å². The number of carbonyl (C=O) groups excluding carboxylic acids is 1. The molecule has 0 bridgehead atoms. The van der Waals surface area contributed by atoms with Crippen LogP contribution >= 0.6 is 11.6 Å². The zero-order chi connectivity index (χ0) is 15.1.